The van der Waals surface area contributed by atoms with Crippen LogP contribution in [0.3, 0.4) is 0 Å². The first kappa shape index (κ1) is 22.9. The topological polar surface area (TPSA) is 66.5 Å². The molecule has 3 aromatic rings. The maximum atomic E-state index is 14.4. The van der Waals surface area contributed by atoms with Crippen molar-refractivity contribution in [1.29, 1.82) is 0 Å². The minimum Gasteiger partial charge on any atom is -0.322 e. The normalized spacial score (nSPS) is 11.5. The molecule has 0 aliphatic heterocycles. The lowest BCUT2D eigenvalue weighted by Crippen LogP contribution is -2.30. The van der Waals surface area contributed by atoms with E-state index in [1.807, 2.05) is 30.3 Å². The number of nitrogens with one attached hydrogen (secondary N) is 1. The number of halogens is 2. The number of hydrogen-bond donors (Lipinski definition) is 1. The molecule has 3 aromatic carbocycles. The fourth-order valence-electron chi connectivity index (χ4n) is 3.07. The smallest absolute Gasteiger partial charge is 0.258 e. The third-order valence-electron chi connectivity index (χ3n) is 4.89. The van der Waals surface area contributed by atoms with Gasteiger partial charge in [0.2, 0.25) is 10.0 Å². The summed E-state index contributed by atoms with van der Waals surface area (Å²) in [4.78, 5) is 12.6. The average molecular weight is 461 g/mol. The molecule has 8 heteroatoms. The molecule has 1 amide bonds. The summed E-state index contributed by atoms with van der Waals surface area (Å²) in [6, 6.07) is 17.3. The van der Waals surface area contributed by atoms with Crippen LogP contribution in [0.2, 0.25) is 5.02 Å². The first-order chi connectivity index (χ1) is 14.7. The molecule has 5 nitrogen and oxygen atoms in total. The number of carbonyl (C=O) groups excluding carboxylic acids is 1. The minimum atomic E-state index is -3.94. The highest BCUT2D eigenvalue weighted by Crippen LogP contribution is 2.25. The SMILES string of the molecule is CCN(Cc1ccccc1)S(=O)(=O)c1ccc(F)c(C(=O)Nc2cccc(Cl)c2C)c1. The highest BCUT2D eigenvalue weighted by atomic mass is 35.5. The fourth-order valence-corrected chi connectivity index (χ4v) is 4.71. The summed E-state index contributed by atoms with van der Waals surface area (Å²) in [5.74, 6) is -1.58. The van der Waals surface area contributed by atoms with Gasteiger partial charge in [-0.3, -0.25) is 4.79 Å². The van der Waals surface area contributed by atoms with Crippen LogP contribution in [-0.2, 0) is 16.6 Å². The van der Waals surface area contributed by atoms with Crippen molar-refractivity contribution in [2.24, 2.45) is 0 Å². The maximum absolute atomic E-state index is 14.4. The van der Waals surface area contributed by atoms with Crippen LogP contribution in [-0.4, -0.2) is 25.2 Å². The van der Waals surface area contributed by atoms with Gasteiger partial charge in [0.1, 0.15) is 5.82 Å². The standard InChI is InChI=1S/C23H22ClFN2O3S/c1-3-27(15-17-8-5-4-6-9-17)31(29,30)18-12-13-21(25)19(14-18)23(28)26-22-11-7-10-20(24)16(22)2/h4-14H,3,15H2,1-2H3,(H,26,28). The van der Waals surface area contributed by atoms with Crippen LogP contribution in [0, 0.1) is 12.7 Å². The maximum Gasteiger partial charge on any atom is 0.258 e. The lowest BCUT2D eigenvalue weighted by Gasteiger charge is -2.21. The fraction of sp³-hybridized carbons (Fsp3) is 0.174. The Bertz CT molecular complexity index is 1200. The first-order valence-corrected chi connectivity index (χ1v) is 11.5. The van der Waals surface area contributed by atoms with Crippen molar-refractivity contribution in [1.82, 2.24) is 4.31 Å². The summed E-state index contributed by atoms with van der Waals surface area (Å²) in [6.45, 7) is 3.83. The van der Waals surface area contributed by atoms with Gasteiger partial charge in [-0.2, -0.15) is 4.31 Å². The summed E-state index contributed by atoms with van der Waals surface area (Å²) in [6.07, 6.45) is 0. The first-order valence-electron chi connectivity index (χ1n) is 9.64. The molecule has 0 aliphatic carbocycles. The van der Waals surface area contributed by atoms with Crippen LogP contribution in [0.25, 0.3) is 0 Å². The zero-order chi connectivity index (χ0) is 22.6. The number of carbonyl (C=O) groups is 1. The van der Waals surface area contributed by atoms with Gasteiger partial charge in [-0.15, -0.1) is 0 Å². The molecule has 0 bridgehead atoms. The van der Waals surface area contributed by atoms with E-state index < -0.39 is 21.7 Å². The monoisotopic (exact) mass is 460 g/mol. The van der Waals surface area contributed by atoms with Gasteiger partial charge in [0.25, 0.3) is 5.91 Å². The van der Waals surface area contributed by atoms with Crippen LogP contribution in [0.5, 0.6) is 0 Å². The molecule has 0 atom stereocenters. The minimum absolute atomic E-state index is 0.153. The Morgan fingerprint density at radius 2 is 1.77 bits per heavy atom. The van der Waals surface area contributed by atoms with Crippen molar-refractivity contribution >= 4 is 33.2 Å². The van der Waals surface area contributed by atoms with Crippen LogP contribution in [0.4, 0.5) is 10.1 Å². The Morgan fingerprint density at radius 1 is 1.06 bits per heavy atom. The molecule has 1 N–H and O–H groups in total. The van der Waals surface area contributed by atoms with Crippen LogP contribution < -0.4 is 5.32 Å². The quantitative estimate of drug-likeness (QED) is 0.523. The van der Waals surface area contributed by atoms with Gasteiger partial charge in [0.15, 0.2) is 0 Å². The zero-order valence-electron chi connectivity index (χ0n) is 17.1. The molecule has 0 unspecified atom stereocenters. The van der Waals surface area contributed by atoms with E-state index in [9.17, 15) is 17.6 Å². The molecule has 0 aromatic heterocycles. The highest BCUT2D eigenvalue weighted by Gasteiger charge is 2.26. The molecule has 0 spiro atoms. The second kappa shape index (κ2) is 9.60. The Morgan fingerprint density at radius 3 is 2.45 bits per heavy atom. The van der Waals surface area contributed by atoms with Crippen molar-refractivity contribution in [2.75, 3.05) is 11.9 Å². The van der Waals surface area contributed by atoms with E-state index >= 15 is 0 Å². The van der Waals surface area contributed by atoms with Gasteiger partial charge in [-0.05, 0) is 48.4 Å². The van der Waals surface area contributed by atoms with E-state index in [4.69, 9.17) is 11.6 Å². The molecule has 0 saturated carbocycles. The predicted octanol–water partition coefficient (Wildman–Crippen LogP) is 5.25. The molecular weight excluding hydrogens is 439 g/mol. The Labute approximate surface area is 186 Å². The summed E-state index contributed by atoms with van der Waals surface area (Å²) < 4.78 is 42.0. The third kappa shape index (κ3) is 5.12. The number of hydrogen-bond acceptors (Lipinski definition) is 3. The third-order valence-corrected chi connectivity index (χ3v) is 7.22. The van der Waals surface area contributed by atoms with Crippen molar-refractivity contribution in [2.45, 2.75) is 25.3 Å². The van der Waals surface area contributed by atoms with Gasteiger partial charge in [0, 0.05) is 23.8 Å². The van der Waals surface area contributed by atoms with Gasteiger partial charge in [-0.25, -0.2) is 12.8 Å². The molecule has 162 valence electrons. The van der Waals surface area contributed by atoms with Crippen LogP contribution >= 0.6 is 11.6 Å². The van der Waals surface area contributed by atoms with Crippen molar-refractivity contribution < 1.29 is 17.6 Å². The van der Waals surface area contributed by atoms with Crippen molar-refractivity contribution in [3.05, 3.63) is 94.3 Å². The molecule has 0 fully saturated rings. The number of rotatable bonds is 7. The van der Waals surface area contributed by atoms with Crippen molar-refractivity contribution in [3.63, 3.8) is 0 Å². The molecule has 31 heavy (non-hydrogen) atoms. The van der Waals surface area contributed by atoms with Gasteiger partial charge >= 0.3 is 0 Å². The van der Waals surface area contributed by atoms with Crippen LogP contribution in [0.15, 0.2) is 71.6 Å². The second-order valence-corrected chi connectivity index (χ2v) is 9.27. The van der Waals surface area contributed by atoms with E-state index in [2.05, 4.69) is 5.32 Å². The largest absolute Gasteiger partial charge is 0.322 e. The summed E-state index contributed by atoms with van der Waals surface area (Å²) in [5.41, 5.74) is 1.51. The number of anilines is 1. The highest BCUT2D eigenvalue weighted by molar-refractivity contribution is 7.89. The van der Waals surface area contributed by atoms with Crippen molar-refractivity contribution in [3.8, 4) is 0 Å². The van der Waals surface area contributed by atoms with E-state index in [1.165, 1.54) is 10.4 Å². The van der Waals surface area contributed by atoms with Gasteiger partial charge in [-0.1, -0.05) is 54.9 Å². The molecule has 0 saturated heterocycles. The van der Waals surface area contributed by atoms with E-state index in [1.54, 1.807) is 32.0 Å². The molecule has 0 aliphatic rings. The van der Waals surface area contributed by atoms with E-state index in [-0.39, 0.29) is 23.5 Å². The average Bonchev–Trinajstić information content (AvgIpc) is 2.76. The number of sulfonamides is 1. The van der Waals surface area contributed by atoms with Gasteiger partial charge < -0.3 is 5.32 Å². The lowest BCUT2D eigenvalue weighted by molar-refractivity contribution is 0.102. The number of nitrogens with zero attached hydrogens (tertiary/aromatic N) is 1. The molecule has 3 rings (SSSR count). The Kier molecular flexibility index (Phi) is 7.10. The van der Waals surface area contributed by atoms with Gasteiger partial charge in [0.05, 0.1) is 10.5 Å². The molecular formula is C23H22ClFN2O3S. The summed E-state index contributed by atoms with van der Waals surface area (Å²) in [7, 11) is -3.94. The van der Waals surface area contributed by atoms with E-state index in [0.29, 0.717) is 16.3 Å². The molecule has 0 radical (unpaired) electrons. The number of amides is 1. The van der Waals surface area contributed by atoms with Crippen LogP contribution in [0.1, 0.15) is 28.4 Å². The Hall–Kier alpha value is -2.74. The molecule has 0 heterocycles. The summed E-state index contributed by atoms with van der Waals surface area (Å²) >= 11 is 6.07. The summed E-state index contributed by atoms with van der Waals surface area (Å²) in [5, 5.41) is 3.05. The predicted molar refractivity (Wildman–Crippen MR) is 120 cm³/mol. The zero-order valence-corrected chi connectivity index (χ0v) is 18.7. The second-order valence-electron chi connectivity index (χ2n) is 6.92. The lowest BCUT2D eigenvalue weighted by atomic mass is 10.1. The van der Waals surface area contributed by atoms with E-state index in [0.717, 1.165) is 17.7 Å². The Balaban J connectivity index is 1.91. The number of benzene rings is 3.